The molecule has 1 saturated carbocycles. The molecule has 1 aliphatic carbocycles. The molecule has 0 atom stereocenters. The molecule has 2 N–H and O–H groups in total. The van der Waals surface area contributed by atoms with Gasteiger partial charge in [0.1, 0.15) is 0 Å². The SMILES string of the molecule is NCc1cccc2nc(C3CCC3)nn12. The second-order valence-corrected chi connectivity index (χ2v) is 4.09. The summed E-state index contributed by atoms with van der Waals surface area (Å²) in [5.41, 5.74) is 7.59. The van der Waals surface area contributed by atoms with E-state index in [9.17, 15) is 0 Å². The van der Waals surface area contributed by atoms with Crippen molar-refractivity contribution >= 4 is 5.65 Å². The Kier molecular flexibility index (Phi) is 1.95. The third-order valence-corrected chi connectivity index (χ3v) is 3.13. The number of aromatic nitrogens is 3. The van der Waals surface area contributed by atoms with Crippen molar-refractivity contribution in [3.63, 3.8) is 0 Å². The molecule has 0 spiro atoms. The molecule has 4 heteroatoms. The second-order valence-electron chi connectivity index (χ2n) is 4.09. The predicted octanol–water partition coefficient (Wildman–Crippen LogP) is 1.46. The maximum absolute atomic E-state index is 5.66. The lowest BCUT2D eigenvalue weighted by Crippen LogP contribution is -2.11. The largest absolute Gasteiger partial charge is 0.325 e. The van der Waals surface area contributed by atoms with Crippen LogP contribution >= 0.6 is 0 Å². The van der Waals surface area contributed by atoms with E-state index in [2.05, 4.69) is 10.1 Å². The van der Waals surface area contributed by atoms with E-state index >= 15 is 0 Å². The van der Waals surface area contributed by atoms with Crippen molar-refractivity contribution in [3.8, 4) is 0 Å². The first-order valence-corrected chi connectivity index (χ1v) is 5.43. The second kappa shape index (κ2) is 3.31. The van der Waals surface area contributed by atoms with Gasteiger partial charge in [0.15, 0.2) is 11.5 Å². The van der Waals surface area contributed by atoms with Gasteiger partial charge in [-0.25, -0.2) is 9.50 Å². The summed E-state index contributed by atoms with van der Waals surface area (Å²) in [6, 6.07) is 5.96. The minimum atomic E-state index is 0.505. The van der Waals surface area contributed by atoms with E-state index < -0.39 is 0 Å². The Morgan fingerprint density at radius 3 is 2.93 bits per heavy atom. The number of hydrogen-bond donors (Lipinski definition) is 1. The molecule has 3 rings (SSSR count). The van der Waals surface area contributed by atoms with Crippen LogP contribution in [0.25, 0.3) is 5.65 Å². The van der Waals surface area contributed by atoms with Crippen LogP contribution in [0.15, 0.2) is 18.2 Å². The lowest BCUT2D eigenvalue weighted by atomic mass is 9.85. The summed E-state index contributed by atoms with van der Waals surface area (Å²) in [7, 11) is 0. The molecule has 2 heterocycles. The van der Waals surface area contributed by atoms with Gasteiger partial charge in [-0.3, -0.25) is 0 Å². The van der Waals surface area contributed by atoms with E-state index in [0.717, 1.165) is 17.2 Å². The fraction of sp³-hybridized carbons (Fsp3) is 0.455. The fourth-order valence-electron chi connectivity index (χ4n) is 1.97. The molecule has 0 bridgehead atoms. The van der Waals surface area contributed by atoms with Crippen LogP contribution in [-0.2, 0) is 6.54 Å². The number of pyridine rings is 1. The highest BCUT2D eigenvalue weighted by atomic mass is 15.3. The highest BCUT2D eigenvalue weighted by molar-refractivity contribution is 5.39. The van der Waals surface area contributed by atoms with E-state index in [4.69, 9.17) is 5.73 Å². The Balaban J connectivity index is 2.12. The highest BCUT2D eigenvalue weighted by Crippen LogP contribution is 2.34. The molecule has 1 aliphatic rings. The lowest BCUT2D eigenvalue weighted by Gasteiger charge is -2.21. The third-order valence-electron chi connectivity index (χ3n) is 3.13. The molecule has 0 saturated heterocycles. The average Bonchev–Trinajstić information content (AvgIpc) is 2.57. The number of hydrogen-bond acceptors (Lipinski definition) is 3. The molecule has 1 fully saturated rings. The van der Waals surface area contributed by atoms with E-state index in [1.807, 2.05) is 22.7 Å². The zero-order chi connectivity index (χ0) is 10.3. The summed E-state index contributed by atoms with van der Waals surface area (Å²) < 4.78 is 1.87. The molecule has 78 valence electrons. The van der Waals surface area contributed by atoms with Gasteiger partial charge < -0.3 is 5.73 Å². The standard InChI is InChI=1S/C11H14N4/c12-7-9-5-2-6-10-13-11(14-15(9)10)8-3-1-4-8/h2,5-6,8H,1,3-4,7,12H2. The van der Waals surface area contributed by atoms with Gasteiger partial charge in [0.2, 0.25) is 0 Å². The summed E-state index contributed by atoms with van der Waals surface area (Å²) in [6.45, 7) is 0.505. The summed E-state index contributed by atoms with van der Waals surface area (Å²) in [5, 5.41) is 4.53. The fourth-order valence-corrected chi connectivity index (χ4v) is 1.97. The maximum atomic E-state index is 5.66. The normalized spacial score (nSPS) is 16.9. The van der Waals surface area contributed by atoms with E-state index in [1.54, 1.807) is 0 Å². The van der Waals surface area contributed by atoms with Gasteiger partial charge in [0.25, 0.3) is 0 Å². The highest BCUT2D eigenvalue weighted by Gasteiger charge is 2.23. The van der Waals surface area contributed by atoms with Crippen molar-refractivity contribution in [2.75, 3.05) is 0 Å². The van der Waals surface area contributed by atoms with Gasteiger partial charge in [-0.05, 0) is 25.0 Å². The van der Waals surface area contributed by atoms with Gasteiger partial charge in [0.05, 0.1) is 5.69 Å². The molecule has 2 aromatic rings. The molecule has 15 heavy (non-hydrogen) atoms. The Hall–Kier alpha value is -1.42. The number of rotatable bonds is 2. The topological polar surface area (TPSA) is 56.2 Å². The van der Waals surface area contributed by atoms with Crippen molar-refractivity contribution < 1.29 is 0 Å². The van der Waals surface area contributed by atoms with Crippen LogP contribution in [0.5, 0.6) is 0 Å². The van der Waals surface area contributed by atoms with Crippen LogP contribution in [-0.4, -0.2) is 14.6 Å². The third kappa shape index (κ3) is 1.33. The van der Waals surface area contributed by atoms with E-state index in [1.165, 1.54) is 19.3 Å². The summed E-state index contributed by atoms with van der Waals surface area (Å²) in [4.78, 5) is 4.54. The molecule has 4 nitrogen and oxygen atoms in total. The lowest BCUT2D eigenvalue weighted by molar-refractivity contribution is 0.401. The molecule has 2 aromatic heterocycles. The molecular weight excluding hydrogens is 188 g/mol. The monoisotopic (exact) mass is 202 g/mol. The van der Waals surface area contributed by atoms with Crippen molar-refractivity contribution in [2.45, 2.75) is 31.7 Å². The van der Waals surface area contributed by atoms with Gasteiger partial charge >= 0.3 is 0 Å². The zero-order valence-electron chi connectivity index (χ0n) is 8.56. The van der Waals surface area contributed by atoms with Crippen LogP contribution in [0.1, 0.15) is 36.7 Å². The Morgan fingerprint density at radius 1 is 1.40 bits per heavy atom. The molecule has 0 aromatic carbocycles. The molecule has 0 aliphatic heterocycles. The summed E-state index contributed by atoms with van der Waals surface area (Å²) in [5.74, 6) is 1.57. The first-order chi connectivity index (χ1) is 7.38. The molecule has 0 radical (unpaired) electrons. The average molecular weight is 202 g/mol. The minimum Gasteiger partial charge on any atom is -0.325 e. The Bertz CT molecular complexity index is 484. The van der Waals surface area contributed by atoms with Gasteiger partial charge in [-0.15, -0.1) is 0 Å². The van der Waals surface area contributed by atoms with Crippen molar-refractivity contribution in [1.29, 1.82) is 0 Å². The van der Waals surface area contributed by atoms with Crippen molar-refractivity contribution in [2.24, 2.45) is 5.73 Å². The maximum Gasteiger partial charge on any atom is 0.155 e. The van der Waals surface area contributed by atoms with Gasteiger partial charge in [0, 0.05) is 12.5 Å². The number of fused-ring (bicyclic) bond motifs is 1. The first kappa shape index (κ1) is 8.85. The van der Waals surface area contributed by atoms with Crippen LogP contribution in [0.3, 0.4) is 0 Å². The van der Waals surface area contributed by atoms with Crippen LogP contribution in [0.4, 0.5) is 0 Å². The van der Waals surface area contributed by atoms with Crippen LogP contribution in [0.2, 0.25) is 0 Å². The van der Waals surface area contributed by atoms with Crippen molar-refractivity contribution in [3.05, 3.63) is 29.7 Å². The van der Waals surface area contributed by atoms with Crippen molar-refractivity contribution in [1.82, 2.24) is 14.6 Å². The predicted molar refractivity (Wildman–Crippen MR) is 57.5 cm³/mol. The summed E-state index contributed by atoms with van der Waals surface area (Å²) >= 11 is 0. The quantitative estimate of drug-likeness (QED) is 0.802. The van der Waals surface area contributed by atoms with Crippen LogP contribution in [0, 0.1) is 0 Å². The van der Waals surface area contributed by atoms with E-state index in [0.29, 0.717) is 12.5 Å². The smallest absolute Gasteiger partial charge is 0.155 e. The minimum absolute atomic E-state index is 0.505. The number of nitrogens with two attached hydrogens (primary N) is 1. The van der Waals surface area contributed by atoms with Crippen LogP contribution < -0.4 is 5.73 Å². The Labute approximate surface area is 88.1 Å². The zero-order valence-corrected chi connectivity index (χ0v) is 8.56. The Morgan fingerprint density at radius 2 is 2.27 bits per heavy atom. The van der Waals surface area contributed by atoms with Gasteiger partial charge in [-0.2, -0.15) is 5.10 Å². The first-order valence-electron chi connectivity index (χ1n) is 5.43. The molecule has 0 amide bonds. The van der Waals surface area contributed by atoms with E-state index in [-0.39, 0.29) is 0 Å². The molecule has 0 unspecified atom stereocenters. The molecular formula is C11H14N4. The number of nitrogens with zero attached hydrogens (tertiary/aromatic N) is 3. The summed E-state index contributed by atoms with van der Waals surface area (Å²) in [6.07, 6.45) is 3.77. The van der Waals surface area contributed by atoms with Gasteiger partial charge in [-0.1, -0.05) is 12.5 Å².